The van der Waals surface area contributed by atoms with E-state index in [1.807, 2.05) is 11.8 Å². The molecule has 0 unspecified atom stereocenters. The highest BCUT2D eigenvalue weighted by atomic mass is 16.5. The monoisotopic (exact) mass is 248 g/mol. The number of rotatable bonds is 3. The summed E-state index contributed by atoms with van der Waals surface area (Å²) in [5, 5.41) is 7.92. The summed E-state index contributed by atoms with van der Waals surface area (Å²) < 4.78 is 5.02. The molecule has 96 valence electrons. The molecule has 0 saturated carbocycles. The van der Waals surface area contributed by atoms with Gasteiger partial charge in [-0.3, -0.25) is 0 Å². The van der Waals surface area contributed by atoms with Gasteiger partial charge in [-0.05, 0) is 19.9 Å². The molecule has 18 heavy (non-hydrogen) atoms. The van der Waals surface area contributed by atoms with E-state index in [0.717, 1.165) is 12.1 Å². The Morgan fingerprint density at radius 3 is 3.00 bits per heavy atom. The lowest BCUT2D eigenvalue weighted by Gasteiger charge is -2.29. The number of hydrogen-bond donors (Lipinski definition) is 1. The molecular weight excluding hydrogens is 232 g/mol. The van der Waals surface area contributed by atoms with Crippen molar-refractivity contribution < 1.29 is 9.53 Å². The lowest BCUT2D eigenvalue weighted by atomic mass is 10.0. The fraction of sp³-hybridized carbons (Fsp3) is 0.417. The zero-order valence-corrected chi connectivity index (χ0v) is 10.5. The first-order valence-electron chi connectivity index (χ1n) is 5.91. The Labute approximate surface area is 105 Å². The second-order valence-corrected chi connectivity index (χ2v) is 3.90. The minimum atomic E-state index is -0.365. The van der Waals surface area contributed by atoms with Gasteiger partial charge in [-0.25, -0.2) is 4.79 Å². The molecule has 1 aliphatic rings. The molecular formula is C12H16N4O2. The summed E-state index contributed by atoms with van der Waals surface area (Å²) >= 11 is 0. The Morgan fingerprint density at radius 2 is 2.33 bits per heavy atom. The highest BCUT2D eigenvalue weighted by Crippen LogP contribution is 2.29. The maximum absolute atomic E-state index is 11.9. The average Bonchev–Trinajstić information content (AvgIpc) is 2.40. The van der Waals surface area contributed by atoms with Crippen LogP contribution < -0.4 is 10.6 Å². The highest BCUT2D eigenvalue weighted by molar-refractivity contribution is 6.00. The molecule has 2 heterocycles. The number of carbonyl (C=O) groups is 1. The number of esters is 1. The topological polar surface area (TPSA) is 81.3 Å². The number of ether oxygens (including phenoxy) is 1. The zero-order chi connectivity index (χ0) is 13.1. The fourth-order valence-electron chi connectivity index (χ4n) is 1.94. The Bertz CT molecular complexity index is 499. The van der Waals surface area contributed by atoms with Gasteiger partial charge in [-0.1, -0.05) is 0 Å². The second kappa shape index (κ2) is 5.03. The first-order valence-corrected chi connectivity index (χ1v) is 5.91. The summed E-state index contributed by atoms with van der Waals surface area (Å²) in [4.78, 5) is 13.8. The molecule has 0 saturated heterocycles. The summed E-state index contributed by atoms with van der Waals surface area (Å²) in [7, 11) is 0. The van der Waals surface area contributed by atoms with Gasteiger partial charge in [0.05, 0.1) is 30.6 Å². The number of fused-ring (bicyclic) bond motifs is 1. The molecule has 0 fully saturated rings. The number of aromatic nitrogens is 2. The summed E-state index contributed by atoms with van der Waals surface area (Å²) in [6.45, 7) is 5.23. The van der Waals surface area contributed by atoms with Gasteiger partial charge in [0.15, 0.2) is 5.82 Å². The van der Waals surface area contributed by atoms with Crippen LogP contribution in [-0.4, -0.2) is 35.9 Å². The molecule has 0 bridgehead atoms. The maximum atomic E-state index is 11.9. The third kappa shape index (κ3) is 2.01. The van der Waals surface area contributed by atoms with Gasteiger partial charge < -0.3 is 15.4 Å². The highest BCUT2D eigenvalue weighted by Gasteiger charge is 2.27. The minimum absolute atomic E-state index is 0.336. The van der Waals surface area contributed by atoms with E-state index in [2.05, 4.69) is 10.2 Å². The van der Waals surface area contributed by atoms with Crippen molar-refractivity contribution in [2.75, 3.05) is 24.6 Å². The summed E-state index contributed by atoms with van der Waals surface area (Å²) in [5.41, 5.74) is 7.68. The van der Waals surface area contributed by atoms with Gasteiger partial charge in [0.1, 0.15) is 0 Å². The second-order valence-electron chi connectivity index (χ2n) is 3.90. The number of hydrogen-bond acceptors (Lipinski definition) is 6. The Hall–Kier alpha value is -2.11. The summed E-state index contributed by atoms with van der Waals surface area (Å²) in [5.74, 6) is 0.349. The van der Waals surface area contributed by atoms with E-state index >= 15 is 0 Å². The van der Waals surface area contributed by atoms with Crippen molar-refractivity contribution in [3.63, 3.8) is 0 Å². The smallest absolute Gasteiger partial charge is 0.337 e. The van der Waals surface area contributed by atoms with Gasteiger partial charge in [0, 0.05) is 12.1 Å². The van der Waals surface area contributed by atoms with E-state index in [-0.39, 0.29) is 5.97 Å². The van der Waals surface area contributed by atoms with Crippen LogP contribution >= 0.6 is 0 Å². The number of carbonyl (C=O) groups excluding carboxylic acids is 1. The molecule has 0 amide bonds. The van der Waals surface area contributed by atoms with Gasteiger partial charge in [0.2, 0.25) is 0 Å². The molecule has 1 aromatic heterocycles. The standard InChI is InChI=1S/C12H16N4O2/c1-3-16-7-9(12(17)18-4-2)10(13)8-5-6-14-15-11(8)16/h5-6H,3-4,7,13H2,1-2H3. The van der Waals surface area contributed by atoms with Crippen molar-refractivity contribution in [1.82, 2.24) is 10.2 Å². The van der Waals surface area contributed by atoms with Crippen molar-refractivity contribution in [1.29, 1.82) is 0 Å². The van der Waals surface area contributed by atoms with Crippen LogP contribution in [0.3, 0.4) is 0 Å². The molecule has 0 radical (unpaired) electrons. The molecule has 1 aliphatic heterocycles. The first-order chi connectivity index (χ1) is 8.69. The first kappa shape index (κ1) is 12.3. The molecule has 0 spiro atoms. The third-order valence-corrected chi connectivity index (χ3v) is 2.87. The van der Waals surface area contributed by atoms with E-state index < -0.39 is 0 Å². The molecule has 2 rings (SSSR count). The average molecular weight is 248 g/mol. The predicted octanol–water partition coefficient (Wildman–Crippen LogP) is 0.549. The molecule has 6 nitrogen and oxygen atoms in total. The third-order valence-electron chi connectivity index (χ3n) is 2.87. The number of nitrogens with zero attached hydrogens (tertiary/aromatic N) is 3. The van der Waals surface area contributed by atoms with Gasteiger partial charge >= 0.3 is 5.97 Å². The van der Waals surface area contributed by atoms with Crippen molar-refractivity contribution in [2.24, 2.45) is 5.73 Å². The van der Waals surface area contributed by atoms with Crippen LogP contribution in [0.25, 0.3) is 5.70 Å². The molecule has 2 N–H and O–H groups in total. The van der Waals surface area contributed by atoms with Crippen LogP contribution in [0, 0.1) is 0 Å². The number of likely N-dealkylation sites (N-methyl/N-ethyl adjacent to an activating group) is 1. The van der Waals surface area contributed by atoms with Crippen LogP contribution in [0.2, 0.25) is 0 Å². The van der Waals surface area contributed by atoms with Crippen LogP contribution in [0.1, 0.15) is 19.4 Å². The quantitative estimate of drug-likeness (QED) is 0.787. The van der Waals surface area contributed by atoms with Crippen molar-refractivity contribution in [3.05, 3.63) is 23.4 Å². The summed E-state index contributed by atoms with van der Waals surface area (Å²) in [6, 6.07) is 1.76. The number of anilines is 1. The minimum Gasteiger partial charge on any atom is -0.463 e. The zero-order valence-electron chi connectivity index (χ0n) is 10.5. The Morgan fingerprint density at radius 1 is 1.56 bits per heavy atom. The Balaban J connectivity index is 2.46. The molecule has 6 heteroatoms. The summed E-state index contributed by atoms with van der Waals surface area (Å²) in [6.07, 6.45) is 1.56. The van der Waals surface area contributed by atoms with Crippen LogP contribution in [0.4, 0.5) is 5.82 Å². The molecule has 0 aromatic carbocycles. The Kier molecular flexibility index (Phi) is 3.45. The van der Waals surface area contributed by atoms with E-state index in [1.54, 1.807) is 19.2 Å². The molecule has 0 atom stereocenters. The fourth-order valence-corrected chi connectivity index (χ4v) is 1.94. The maximum Gasteiger partial charge on any atom is 0.337 e. The lowest BCUT2D eigenvalue weighted by Crippen LogP contribution is -2.35. The molecule has 1 aromatic rings. The van der Waals surface area contributed by atoms with Crippen LogP contribution in [-0.2, 0) is 9.53 Å². The molecule has 0 aliphatic carbocycles. The number of nitrogens with two attached hydrogens (primary N) is 1. The van der Waals surface area contributed by atoms with Gasteiger partial charge in [0.25, 0.3) is 0 Å². The van der Waals surface area contributed by atoms with Crippen molar-refractivity contribution >= 4 is 17.5 Å². The van der Waals surface area contributed by atoms with Gasteiger partial charge in [-0.15, -0.1) is 5.10 Å². The van der Waals surface area contributed by atoms with Gasteiger partial charge in [-0.2, -0.15) is 5.10 Å². The van der Waals surface area contributed by atoms with Crippen LogP contribution in [0.5, 0.6) is 0 Å². The van der Waals surface area contributed by atoms with E-state index in [1.165, 1.54) is 0 Å². The van der Waals surface area contributed by atoms with E-state index in [0.29, 0.717) is 30.2 Å². The van der Waals surface area contributed by atoms with E-state index in [4.69, 9.17) is 10.5 Å². The lowest BCUT2D eigenvalue weighted by molar-refractivity contribution is -0.138. The van der Waals surface area contributed by atoms with Crippen LogP contribution in [0.15, 0.2) is 17.8 Å². The van der Waals surface area contributed by atoms with Crippen molar-refractivity contribution in [3.8, 4) is 0 Å². The normalized spacial score (nSPS) is 14.4. The predicted molar refractivity (Wildman–Crippen MR) is 67.7 cm³/mol. The SMILES string of the molecule is CCOC(=O)C1=C(N)c2ccnnc2N(CC)C1. The van der Waals surface area contributed by atoms with Crippen molar-refractivity contribution in [2.45, 2.75) is 13.8 Å². The van der Waals surface area contributed by atoms with E-state index in [9.17, 15) is 4.79 Å². The largest absolute Gasteiger partial charge is 0.463 e.